The second-order valence-corrected chi connectivity index (χ2v) is 6.13. The summed E-state index contributed by atoms with van der Waals surface area (Å²) in [6.45, 7) is 13.3. The Morgan fingerprint density at radius 1 is 0.824 bits per heavy atom. The maximum atomic E-state index is 11.7. The van der Waals surface area contributed by atoms with Gasteiger partial charge in [-0.2, -0.15) is 0 Å². The van der Waals surface area contributed by atoms with Crippen LogP contribution in [0.25, 0.3) is 0 Å². The van der Waals surface area contributed by atoms with Gasteiger partial charge in [0.2, 0.25) is 11.8 Å². The molecule has 0 rings (SSSR count). The van der Waals surface area contributed by atoms with Gasteiger partial charge in [0.25, 0.3) is 0 Å². The molecule has 0 aliphatic carbocycles. The maximum absolute atomic E-state index is 11.7. The van der Waals surface area contributed by atoms with Crippen LogP contribution in [0.2, 0.25) is 0 Å². The van der Waals surface area contributed by atoms with Crippen molar-refractivity contribution in [3.8, 4) is 0 Å². The third-order valence-corrected chi connectivity index (χ3v) is 2.49. The lowest BCUT2D eigenvalue weighted by molar-refractivity contribution is -0.129. The van der Waals surface area contributed by atoms with Crippen LogP contribution in [0.4, 0.5) is 0 Å². The molecular formula is C13H26N2O2. The number of hydrogen-bond donors (Lipinski definition) is 2. The van der Waals surface area contributed by atoms with Crippen LogP contribution in [0.5, 0.6) is 0 Å². The first-order chi connectivity index (χ1) is 7.55. The van der Waals surface area contributed by atoms with Gasteiger partial charge in [-0.25, -0.2) is 0 Å². The van der Waals surface area contributed by atoms with Crippen molar-refractivity contribution in [2.24, 2.45) is 17.3 Å². The van der Waals surface area contributed by atoms with Gasteiger partial charge in [-0.15, -0.1) is 0 Å². The minimum Gasteiger partial charge on any atom is -0.335 e. The summed E-state index contributed by atoms with van der Waals surface area (Å²) in [7, 11) is 0. The number of hydrogen-bond acceptors (Lipinski definition) is 2. The van der Waals surface area contributed by atoms with E-state index in [1.807, 2.05) is 48.5 Å². The van der Waals surface area contributed by atoms with Crippen LogP contribution in [-0.2, 0) is 9.59 Å². The summed E-state index contributed by atoms with van der Waals surface area (Å²) in [6, 6.07) is 0. The summed E-state index contributed by atoms with van der Waals surface area (Å²) < 4.78 is 0. The summed E-state index contributed by atoms with van der Waals surface area (Å²) in [5.41, 5.74) is -0.213. The van der Waals surface area contributed by atoms with Gasteiger partial charge < -0.3 is 10.6 Å². The molecule has 17 heavy (non-hydrogen) atoms. The molecule has 2 N–H and O–H groups in total. The summed E-state index contributed by atoms with van der Waals surface area (Å²) in [4.78, 5) is 23.4. The van der Waals surface area contributed by atoms with E-state index in [-0.39, 0.29) is 35.2 Å². The molecule has 0 aromatic heterocycles. The van der Waals surface area contributed by atoms with Crippen molar-refractivity contribution < 1.29 is 9.59 Å². The van der Waals surface area contributed by atoms with Crippen LogP contribution in [0.1, 0.15) is 48.5 Å². The van der Waals surface area contributed by atoms with Crippen LogP contribution in [0.3, 0.4) is 0 Å². The predicted molar refractivity (Wildman–Crippen MR) is 69.2 cm³/mol. The Bertz CT molecular complexity index is 256. The van der Waals surface area contributed by atoms with E-state index in [4.69, 9.17) is 0 Å². The average molecular weight is 242 g/mol. The zero-order chi connectivity index (χ0) is 13.8. The van der Waals surface area contributed by atoms with Crippen molar-refractivity contribution in [1.29, 1.82) is 0 Å². The topological polar surface area (TPSA) is 58.2 Å². The molecule has 0 aliphatic rings. The molecule has 0 spiro atoms. The molecule has 4 heteroatoms. The summed E-state index contributed by atoms with van der Waals surface area (Å²) in [5.74, 6) is -0.269. The van der Waals surface area contributed by atoms with E-state index >= 15 is 0 Å². The molecule has 0 aromatic carbocycles. The standard InChI is InChI=1S/C13H26N2O2/c1-8(2)10(16)14-12(13(5,6)7)15-11(17)9(3)4/h8-9,12H,1-7H3,(H,14,16)(H,15,17). The van der Waals surface area contributed by atoms with E-state index in [1.165, 1.54) is 0 Å². The van der Waals surface area contributed by atoms with Gasteiger partial charge in [0, 0.05) is 17.3 Å². The number of rotatable bonds is 4. The Kier molecular flexibility index (Phi) is 5.66. The maximum Gasteiger partial charge on any atom is 0.224 e. The van der Waals surface area contributed by atoms with E-state index in [0.29, 0.717) is 0 Å². The highest BCUT2D eigenvalue weighted by Gasteiger charge is 2.28. The SMILES string of the molecule is CC(C)C(=O)NC(NC(=O)C(C)C)C(C)(C)C. The van der Waals surface area contributed by atoms with Crippen molar-refractivity contribution in [2.75, 3.05) is 0 Å². The molecule has 0 heterocycles. The molecule has 0 radical (unpaired) electrons. The monoisotopic (exact) mass is 242 g/mol. The van der Waals surface area contributed by atoms with Gasteiger partial charge in [-0.1, -0.05) is 48.5 Å². The molecule has 0 aliphatic heterocycles. The minimum absolute atomic E-state index is 0.0472. The molecular weight excluding hydrogens is 216 g/mol. The first-order valence-corrected chi connectivity index (χ1v) is 6.16. The largest absolute Gasteiger partial charge is 0.335 e. The fraction of sp³-hybridized carbons (Fsp3) is 0.846. The lowest BCUT2D eigenvalue weighted by Crippen LogP contribution is -2.56. The number of amides is 2. The number of carbonyl (C=O) groups excluding carboxylic acids is 2. The fourth-order valence-electron chi connectivity index (χ4n) is 1.09. The summed E-state index contributed by atoms with van der Waals surface area (Å²) in [6.07, 6.45) is -0.340. The summed E-state index contributed by atoms with van der Waals surface area (Å²) >= 11 is 0. The molecule has 0 fully saturated rings. The van der Waals surface area contributed by atoms with Crippen LogP contribution >= 0.6 is 0 Å². The Labute approximate surface area is 105 Å². The molecule has 0 saturated heterocycles. The molecule has 100 valence electrons. The van der Waals surface area contributed by atoms with Crippen LogP contribution in [0, 0.1) is 17.3 Å². The van der Waals surface area contributed by atoms with Crippen LogP contribution < -0.4 is 10.6 Å². The molecule has 4 nitrogen and oxygen atoms in total. The lowest BCUT2D eigenvalue weighted by Gasteiger charge is -2.33. The van der Waals surface area contributed by atoms with E-state index in [0.717, 1.165) is 0 Å². The van der Waals surface area contributed by atoms with Gasteiger partial charge in [0.1, 0.15) is 6.17 Å². The first-order valence-electron chi connectivity index (χ1n) is 6.16. The number of nitrogens with one attached hydrogen (secondary N) is 2. The Morgan fingerprint density at radius 2 is 1.12 bits per heavy atom. The molecule has 0 aromatic rings. The van der Waals surface area contributed by atoms with Crippen LogP contribution in [0.15, 0.2) is 0 Å². The van der Waals surface area contributed by atoms with Gasteiger partial charge in [-0.05, 0) is 0 Å². The van der Waals surface area contributed by atoms with Gasteiger partial charge in [0.15, 0.2) is 0 Å². The minimum atomic E-state index is -0.340. The molecule has 0 saturated carbocycles. The van der Waals surface area contributed by atoms with E-state index in [2.05, 4.69) is 10.6 Å². The predicted octanol–water partition coefficient (Wildman–Crippen LogP) is 1.90. The zero-order valence-electron chi connectivity index (χ0n) is 12.0. The van der Waals surface area contributed by atoms with Gasteiger partial charge >= 0.3 is 0 Å². The average Bonchev–Trinajstić information content (AvgIpc) is 2.14. The molecule has 0 unspecified atom stereocenters. The zero-order valence-corrected chi connectivity index (χ0v) is 12.0. The highest BCUT2D eigenvalue weighted by molar-refractivity contribution is 5.81. The molecule has 2 amide bonds. The van der Waals surface area contributed by atoms with Crippen molar-refractivity contribution in [2.45, 2.75) is 54.6 Å². The Morgan fingerprint density at radius 3 is 1.29 bits per heavy atom. The Hall–Kier alpha value is -1.06. The first kappa shape index (κ1) is 15.9. The van der Waals surface area contributed by atoms with Crippen molar-refractivity contribution >= 4 is 11.8 Å². The molecule has 0 bridgehead atoms. The lowest BCUT2D eigenvalue weighted by atomic mass is 9.91. The fourth-order valence-corrected chi connectivity index (χ4v) is 1.09. The van der Waals surface area contributed by atoms with Crippen molar-refractivity contribution in [3.05, 3.63) is 0 Å². The van der Waals surface area contributed by atoms with Crippen molar-refractivity contribution in [3.63, 3.8) is 0 Å². The molecule has 0 atom stereocenters. The van der Waals surface area contributed by atoms with Gasteiger partial charge in [-0.3, -0.25) is 9.59 Å². The van der Waals surface area contributed by atoms with E-state index < -0.39 is 0 Å². The van der Waals surface area contributed by atoms with Crippen molar-refractivity contribution in [1.82, 2.24) is 10.6 Å². The summed E-state index contributed by atoms with van der Waals surface area (Å²) in [5, 5.41) is 5.74. The van der Waals surface area contributed by atoms with E-state index in [9.17, 15) is 9.59 Å². The quantitative estimate of drug-likeness (QED) is 0.740. The third kappa shape index (κ3) is 5.71. The van der Waals surface area contributed by atoms with Gasteiger partial charge in [0.05, 0.1) is 0 Å². The smallest absolute Gasteiger partial charge is 0.224 e. The number of carbonyl (C=O) groups is 2. The Balaban J connectivity index is 4.68. The third-order valence-electron chi connectivity index (χ3n) is 2.49. The second-order valence-electron chi connectivity index (χ2n) is 6.13. The van der Waals surface area contributed by atoms with E-state index in [1.54, 1.807) is 0 Å². The second kappa shape index (κ2) is 6.03. The van der Waals surface area contributed by atoms with Crippen LogP contribution in [-0.4, -0.2) is 18.0 Å². The highest BCUT2D eigenvalue weighted by Crippen LogP contribution is 2.18. The highest BCUT2D eigenvalue weighted by atomic mass is 16.2. The normalized spacial score (nSPS) is 12.1.